The topological polar surface area (TPSA) is 41.1 Å². The third-order valence-corrected chi connectivity index (χ3v) is 2.93. The lowest BCUT2D eigenvalue weighted by molar-refractivity contribution is -0.116. The van der Waals surface area contributed by atoms with Gasteiger partial charge in [0.25, 0.3) is 0 Å². The van der Waals surface area contributed by atoms with E-state index in [4.69, 9.17) is 0 Å². The first-order valence-electron chi connectivity index (χ1n) is 5.82. The summed E-state index contributed by atoms with van der Waals surface area (Å²) in [6.45, 7) is 4.28. The molecule has 2 N–H and O–H groups in total. The normalized spacial score (nSPS) is 19.4. The molecule has 1 aromatic carbocycles. The minimum atomic E-state index is -0.0833. The van der Waals surface area contributed by atoms with Crippen molar-refractivity contribution in [3.63, 3.8) is 0 Å². The van der Waals surface area contributed by atoms with Gasteiger partial charge >= 0.3 is 0 Å². The van der Waals surface area contributed by atoms with E-state index in [0.717, 1.165) is 17.7 Å². The molecule has 1 heterocycles. The van der Waals surface area contributed by atoms with Gasteiger partial charge in [-0.2, -0.15) is 0 Å². The maximum absolute atomic E-state index is 11.5. The van der Waals surface area contributed by atoms with E-state index >= 15 is 0 Å². The van der Waals surface area contributed by atoms with Crippen LogP contribution in [0.15, 0.2) is 30.3 Å². The van der Waals surface area contributed by atoms with Gasteiger partial charge in [0.2, 0.25) is 5.91 Å². The van der Waals surface area contributed by atoms with Crippen LogP contribution in [0.5, 0.6) is 0 Å². The van der Waals surface area contributed by atoms with Gasteiger partial charge in [-0.05, 0) is 25.8 Å². The zero-order valence-electron chi connectivity index (χ0n) is 10.5. The average Bonchev–Trinajstić information content (AvgIpc) is 2.27. The van der Waals surface area contributed by atoms with E-state index < -0.39 is 0 Å². The summed E-state index contributed by atoms with van der Waals surface area (Å²) in [5.41, 5.74) is 3.28. The minimum absolute atomic E-state index is 0.0196. The Balaban J connectivity index is 2.46. The highest BCUT2D eigenvalue weighted by Gasteiger charge is 2.27. The van der Waals surface area contributed by atoms with Gasteiger partial charge in [0, 0.05) is 29.9 Å². The summed E-state index contributed by atoms with van der Waals surface area (Å²) in [4.78, 5) is 11.5. The summed E-state index contributed by atoms with van der Waals surface area (Å²) in [6, 6.07) is 8.20. The van der Waals surface area contributed by atoms with Crippen LogP contribution in [0.2, 0.25) is 0 Å². The quantitative estimate of drug-likeness (QED) is 0.721. The van der Waals surface area contributed by atoms with Crippen molar-refractivity contribution < 1.29 is 4.79 Å². The fourth-order valence-electron chi connectivity index (χ4n) is 2.21. The maximum atomic E-state index is 11.5. The summed E-state index contributed by atoms with van der Waals surface area (Å²) >= 11 is 0. The fourth-order valence-corrected chi connectivity index (χ4v) is 2.21. The summed E-state index contributed by atoms with van der Waals surface area (Å²) in [5.74, 6) is -0.0833. The molecule has 0 saturated heterocycles. The van der Waals surface area contributed by atoms with Gasteiger partial charge in [0.15, 0.2) is 0 Å². The zero-order valence-corrected chi connectivity index (χ0v) is 10.5. The average molecular weight is 230 g/mol. The monoisotopic (exact) mass is 230 g/mol. The second-order valence-corrected chi connectivity index (χ2v) is 5.02. The third kappa shape index (κ3) is 2.49. The predicted molar refractivity (Wildman–Crippen MR) is 69.4 cm³/mol. The molecule has 0 saturated carbocycles. The molecular formula is C14H18N2O. The molecule has 0 spiro atoms. The van der Waals surface area contributed by atoms with Crippen LogP contribution in [0.1, 0.15) is 25.0 Å². The first-order valence-corrected chi connectivity index (χ1v) is 5.82. The van der Waals surface area contributed by atoms with Crippen LogP contribution in [0, 0.1) is 0 Å². The van der Waals surface area contributed by atoms with Gasteiger partial charge in [0.1, 0.15) is 0 Å². The van der Waals surface area contributed by atoms with Gasteiger partial charge in [-0.25, -0.2) is 0 Å². The van der Waals surface area contributed by atoms with E-state index in [1.54, 1.807) is 13.1 Å². The molecule has 3 heteroatoms. The molecule has 0 aromatic heterocycles. The van der Waals surface area contributed by atoms with Crippen LogP contribution in [-0.4, -0.2) is 18.5 Å². The number of amides is 1. The Kier molecular flexibility index (Phi) is 2.92. The molecule has 1 aliphatic rings. The van der Waals surface area contributed by atoms with E-state index in [-0.39, 0.29) is 11.4 Å². The lowest BCUT2D eigenvalue weighted by Crippen LogP contribution is -2.44. The molecule has 0 unspecified atom stereocenters. The molecule has 1 aliphatic heterocycles. The molecule has 0 radical (unpaired) electrons. The molecule has 0 fully saturated rings. The van der Waals surface area contributed by atoms with Crippen molar-refractivity contribution in [2.75, 3.05) is 7.05 Å². The third-order valence-electron chi connectivity index (χ3n) is 2.93. The minimum Gasteiger partial charge on any atom is -0.379 e. The van der Waals surface area contributed by atoms with E-state index in [0.29, 0.717) is 0 Å². The van der Waals surface area contributed by atoms with E-state index in [9.17, 15) is 4.79 Å². The second kappa shape index (κ2) is 4.24. The number of hydrogen-bond acceptors (Lipinski definition) is 2. The summed E-state index contributed by atoms with van der Waals surface area (Å²) < 4.78 is 0. The number of carbonyl (C=O) groups is 1. The Morgan fingerprint density at radius 1 is 1.41 bits per heavy atom. The molecule has 90 valence electrons. The highest BCUT2D eigenvalue weighted by atomic mass is 16.1. The van der Waals surface area contributed by atoms with Gasteiger partial charge in [-0.15, -0.1) is 0 Å². The number of carbonyl (C=O) groups excluding carboxylic acids is 1. The Morgan fingerprint density at radius 3 is 2.82 bits per heavy atom. The summed E-state index contributed by atoms with van der Waals surface area (Å²) in [6.07, 6.45) is 2.59. The molecular weight excluding hydrogens is 212 g/mol. The SMILES string of the molecule is CNC(=O)/C=C1\NC(C)(C)Cc2ccccc21. The van der Waals surface area contributed by atoms with Crippen molar-refractivity contribution >= 4 is 11.6 Å². The molecule has 17 heavy (non-hydrogen) atoms. The van der Waals surface area contributed by atoms with Crippen molar-refractivity contribution in [2.24, 2.45) is 0 Å². The molecule has 0 atom stereocenters. The highest BCUT2D eigenvalue weighted by Crippen LogP contribution is 2.29. The first-order chi connectivity index (χ1) is 8.02. The van der Waals surface area contributed by atoms with Crippen molar-refractivity contribution in [1.82, 2.24) is 10.6 Å². The van der Waals surface area contributed by atoms with E-state index in [1.165, 1.54) is 5.56 Å². The Morgan fingerprint density at radius 2 is 2.12 bits per heavy atom. The molecule has 0 aliphatic carbocycles. The number of rotatable bonds is 1. The molecule has 0 bridgehead atoms. The van der Waals surface area contributed by atoms with Crippen LogP contribution in [0.4, 0.5) is 0 Å². The fraction of sp³-hybridized carbons (Fsp3) is 0.357. The van der Waals surface area contributed by atoms with Crippen LogP contribution in [-0.2, 0) is 11.2 Å². The lowest BCUT2D eigenvalue weighted by atomic mass is 9.86. The Bertz CT molecular complexity index is 475. The largest absolute Gasteiger partial charge is 0.379 e. The van der Waals surface area contributed by atoms with Gasteiger partial charge in [-0.1, -0.05) is 24.3 Å². The lowest BCUT2D eigenvalue weighted by Gasteiger charge is -2.35. The smallest absolute Gasteiger partial charge is 0.245 e. The van der Waals surface area contributed by atoms with Crippen LogP contribution >= 0.6 is 0 Å². The molecule has 1 aromatic rings. The van der Waals surface area contributed by atoms with E-state index in [2.05, 4.69) is 30.5 Å². The molecule has 1 amide bonds. The van der Waals surface area contributed by atoms with E-state index in [1.807, 2.05) is 18.2 Å². The van der Waals surface area contributed by atoms with Gasteiger partial charge < -0.3 is 10.6 Å². The standard InChI is InChI=1S/C14H18N2O/c1-14(2)9-10-6-4-5-7-11(10)12(16-14)8-13(17)15-3/h4-8,16H,9H2,1-3H3,(H,15,17)/b12-8-. The number of fused-ring (bicyclic) bond motifs is 1. The molecule has 2 rings (SSSR count). The van der Waals surface area contributed by atoms with Gasteiger partial charge in [-0.3, -0.25) is 4.79 Å². The number of nitrogens with one attached hydrogen (secondary N) is 2. The van der Waals surface area contributed by atoms with Crippen molar-refractivity contribution in [2.45, 2.75) is 25.8 Å². The van der Waals surface area contributed by atoms with Crippen molar-refractivity contribution in [3.8, 4) is 0 Å². The number of hydrogen-bond donors (Lipinski definition) is 2. The molecule has 3 nitrogen and oxygen atoms in total. The van der Waals surface area contributed by atoms with Crippen LogP contribution in [0.3, 0.4) is 0 Å². The van der Waals surface area contributed by atoms with Crippen LogP contribution in [0.25, 0.3) is 5.70 Å². The zero-order chi connectivity index (χ0) is 12.5. The Hall–Kier alpha value is -1.77. The van der Waals surface area contributed by atoms with Crippen LogP contribution < -0.4 is 10.6 Å². The second-order valence-electron chi connectivity index (χ2n) is 5.02. The summed E-state index contributed by atoms with van der Waals surface area (Å²) in [7, 11) is 1.64. The summed E-state index contributed by atoms with van der Waals surface area (Å²) in [5, 5.41) is 6.03. The maximum Gasteiger partial charge on any atom is 0.245 e. The highest BCUT2D eigenvalue weighted by molar-refractivity contribution is 5.95. The predicted octanol–water partition coefficient (Wildman–Crippen LogP) is 1.70. The Labute approximate surface area is 102 Å². The van der Waals surface area contributed by atoms with Crippen molar-refractivity contribution in [1.29, 1.82) is 0 Å². The first kappa shape index (κ1) is 11.7. The number of benzene rings is 1. The van der Waals surface area contributed by atoms with Crippen molar-refractivity contribution in [3.05, 3.63) is 41.5 Å². The number of likely N-dealkylation sites (N-methyl/N-ethyl adjacent to an activating group) is 1. The van der Waals surface area contributed by atoms with Gasteiger partial charge in [0.05, 0.1) is 0 Å².